The van der Waals surface area contributed by atoms with Gasteiger partial charge in [0.15, 0.2) is 0 Å². The Morgan fingerprint density at radius 1 is 1.09 bits per heavy atom. The lowest BCUT2D eigenvalue weighted by atomic mass is 10.2. The molecule has 1 amide bonds. The Hall–Kier alpha value is -3.08. The van der Waals surface area contributed by atoms with E-state index in [4.69, 9.17) is 11.6 Å². The van der Waals surface area contributed by atoms with E-state index < -0.39 is 21.7 Å². The van der Waals surface area contributed by atoms with Crippen molar-refractivity contribution in [2.45, 2.75) is 11.4 Å². The molecule has 4 rings (SSSR count). The number of nitrogens with zero attached hydrogens (tertiary/aromatic N) is 4. The van der Waals surface area contributed by atoms with Crippen molar-refractivity contribution in [3.63, 3.8) is 0 Å². The molecule has 1 aliphatic rings. The highest BCUT2D eigenvalue weighted by Gasteiger charge is 2.32. The van der Waals surface area contributed by atoms with Gasteiger partial charge in [0.05, 0.1) is 10.6 Å². The van der Waals surface area contributed by atoms with Gasteiger partial charge in [0.25, 0.3) is 5.91 Å². The third-order valence-corrected chi connectivity index (χ3v) is 8.21. The summed E-state index contributed by atoms with van der Waals surface area (Å²) in [4.78, 5) is 19.8. The molecule has 2 heterocycles. The Morgan fingerprint density at radius 2 is 1.83 bits per heavy atom. The van der Waals surface area contributed by atoms with Crippen molar-refractivity contribution in [2.75, 3.05) is 38.1 Å². The molecule has 2 aromatic carbocycles. The lowest BCUT2D eigenvalue weighted by Gasteiger charge is -2.34. The topological polar surface area (TPSA) is 73.8 Å². The number of aromatic nitrogens is 1. The first kappa shape index (κ1) is 25.0. The van der Waals surface area contributed by atoms with Gasteiger partial charge in [-0.1, -0.05) is 17.7 Å². The van der Waals surface area contributed by atoms with Crippen LogP contribution >= 0.6 is 11.6 Å². The van der Waals surface area contributed by atoms with Gasteiger partial charge in [-0.3, -0.25) is 9.78 Å². The van der Waals surface area contributed by atoms with Gasteiger partial charge in [-0.05, 0) is 36.4 Å². The van der Waals surface area contributed by atoms with Gasteiger partial charge < -0.3 is 9.80 Å². The number of hydrogen-bond donors (Lipinski definition) is 0. The second kappa shape index (κ2) is 10.3. The number of anilines is 1. The van der Waals surface area contributed by atoms with Crippen molar-refractivity contribution in [2.24, 2.45) is 0 Å². The minimum Gasteiger partial charge on any atom is -0.370 e. The Balaban J connectivity index is 1.44. The van der Waals surface area contributed by atoms with Gasteiger partial charge in [-0.15, -0.1) is 0 Å². The van der Waals surface area contributed by atoms with Gasteiger partial charge in [0.1, 0.15) is 16.5 Å². The van der Waals surface area contributed by atoms with Crippen LogP contribution in [0, 0.1) is 11.6 Å². The van der Waals surface area contributed by atoms with Crippen LogP contribution in [0.4, 0.5) is 14.5 Å². The number of rotatable bonds is 6. The van der Waals surface area contributed by atoms with Crippen molar-refractivity contribution >= 4 is 33.2 Å². The van der Waals surface area contributed by atoms with Crippen LogP contribution in [0.2, 0.25) is 5.02 Å². The van der Waals surface area contributed by atoms with E-state index in [1.807, 2.05) is 0 Å². The highest BCUT2D eigenvalue weighted by molar-refractivity contribution is 7.89. The molecule has 184 valence electrons. The molecule has 7 nitrogen and oxygen atoms in total. The smallest absolute Gasteiger partial charge is 0.255 e. The minimum absolute atomic E-state index is 0.0304. The molecule has 0 atom stereocenters. The zero-order valence-electron chi connectivity index (χ0n) is 18.9. The maximum Gasteiger partial charge on any atom is 0.255 e. The van der Waals surface area contributed by atoms with E-state index in [0.717, 1.165) is 6.07 Å². The molecule has 0 aliphatic carbocycles. The van der Waals surface area contributed by atoms with Gasteiger partial charge >= 0.3 is 0 Å². The zero-order valence-corrected chi connectivity index (χ0v) is 20.4. The second-order valence-corrected chi connectivity index (χ2v) is 10.5. The van der Waals surface area contributed by atoms with E-state index in [9.17, 15) is 22.0 Å². The molecule has 0 radical (unpaired) electrons. The first-order chi connectivity index (χ1) is 16.7. The van der Waals surface area contributed by atoms with Crippen molar-refractivity contribution in [1.29, 1.82) is 0 Å². The second-order valence-electron chi connectivity index (χ2n) is 8.14. The van der Waals surface area contributed by atoms with Gasteiger partial charge in [0.2, 0.25) is 10.0 Å². The number of amides is 1. The van der Waals surface area contributed by atoms with E-state index in [0.29, 0.717) is 16.8 Å². The van der Waals surface area contributed by atoms with Crippen LogP contribution in [-0.4, -0.2) is 61.7 Å². The molecule has 0 unspecified atom stereocenters. The molecule has 0 spiro atoms. The van der Waals surface area contributed by atoms with E-state index in [1.54, 1.807) is 41.2 Å². The fourth-order valence-corrected chi connectivity index (χ4v) is 5.81. The van der Waals surface area contributed by atoms with Crippen LogP contribution in [0.25, 0.3) is 0 Å². The molecule has 11 heteroatoms. The first-order valence-corrected chi connectivity index (χ1v) is 12.6. The summed E-state index contributed by atoms with van der Waals surface area (Å²) in [5, 5.41) is 0.0304. The number of carbonyl (C=O) groups excluding carboxylic acids is 1. The fraction of sp³-hybridized carbons (Fsp3) is 0.250. The lowest BCUT2D eigenvalue weighted by molar-refractivity contribution is 0.0697. The van der Waals surface area contributed by atoms with Crippen molar-refractivity contribution in [1.82, 2.24) is 14.2 Å². The maximum absolute atomic E-state index is 14.0. The van der Waals surface area contributed by atoms with E-state index in [2.05, 4.69) is 4.98 Å². The monoisotopic (exact) mass is 520 g/mol. The van der Waals surface area contributed by atoms with Gasteiger partial charge in [-0.25, -0.2) is 17.2 Å². The van der Waals surface area contributed by atoms with Crippen molar-refractivity contribution in [3.05, 3.63) is 88.7 Å². The zero-order chi connectivity index (χ0) is 25.2. The average molecular weight is 521 g/mol. The standard InChI is InChI=1S/C24H23ClF2N4O3S/c1-29(16-18-4-5-19(26)13-22(18)27)20-6-7-23(21(25)14-20)35(33,34)31-11-9-30(10-12-31)24(32)17-3-2-8-28-15-17/h2-8,13-15H,9-12,16H2,1H3. The minimum atomic E-state index is -3.89. The molecule has 0 bridgehead atoms. The molecule has 1 aromatic heterocycles. The van der Waals surface area contributed by atoms with Crippen LogP contribution < -0.4 is 4.90 Å². The number of sulfonamides is 1. The molecule has 0 N–H and O–H groups in total. The van der Waals surface area contributed by atoms with Crippen LogP contribution in [0.15, 0.2) is 65.8 Å². The van der Waals surface area contributed by atoms with Crippen LogP contribution in [-0.2, 0) is 16.6 Å². The van der Waals surface area contributed by atoms with Crippen molar-refractivity contribution < 1.29 is 22.0 Å². The van der Waals surface area contributed by atoms with Gasteiger partial charge in [-0.2, -0.15) is 4.31 Å². The number of piperazine rings is 1. The molecule has 1 fully saturated rings. The molecule has 0 saturated carbocycles. The normalized spacial score (nSPS) is 14.7. The molecular formula is C24H23ClF2N4O3S. The van der Waals surface area contributed by atoms with Crippen LogP contribution in [0.3, 0.4) is 0 Å². The number of hydrogen-bond acceptors (Lipinski definition) is 5. The largest absolute Gasteiger partial charge is 0.370 e. The quantitative estimate of drug-likeness (QED) is 0.494. The molecular weight excluding hydrogens is 498 g/mol. The highest BCUT2D eigenvalue weighted by atomic mass is 35.5. The number of benzene rings is 2. The highest BCUT2D eigenvalue weighted by Crippen LogP contribution is 2.30. The summed E-state index contributed by atoms with van der Waals surface area (Å²) in [5.41, 5.74) is 1.32. The van der Waals surface area contributed by atoms with E-state index >= 15 is 0 Å². The number of halogens is 3. The SMILES string of the molecule is CN(Cc1ccc(F)cc1F)c1ccc(S(=O)(=O)N2CCN(C(=O)c3cccnc3)CC2)c(Cl)c1. The average Bonchev–Trinajstić information content (AvgIpc) is 2.85. The Morgan fingerprint density at radius 3 is 2.46 bits per heavy atom. The third kappa shape index (κ3) is 5.44. The summed E-state index contributed by atoms with van der Waals surface area (Å²) in [5.74, 6) is -1.52. The van der Waals surface area contributed by atoms with E-state index in [-0.39, 0.29) is 48.5 Å². The number of pyridine rings is 1. The first-order valence-electron chi connectivity index (χ1n) is 10.8. The number of carbonyl (C=O) groups is 1. The molecule has 35 heavy (non-hydrogen) atoms. The lowest BCUT2D eigenvalue weighted by Crippen LogP contribution is -2.50. The fourth-order valence-electron chi connectivity index (χ4n) is 3.88. The Labute approximate surface area is 207 Å². The Bertz CT molecular complexity index is 1330. The maximum atomic E-state index is 14.0. The molecule has 1 saturated heterocycles. The summed E-state index contributed by atoms with van der Waals surface area (Å²) in [6.45, 7) is 0.900. The summed E-state index contributed by atoms with van der Waals surface area (Å²) < 4.78 is 54.9. The van der Waals surface area contributed by atoms with E-state index in [1.165, 1.54) is 34.8 Å². The predicted octanol–water partition coefficient (Wildman–Crippen LogP) is 3.80. The van der Waals surface area contributed by atoms with Crippen molar-refractivity contribution in [3.8, 4) is 0 Å². The summed E-state index contributed by atoms with van der Waals surface area (Å²) in [7, 11) is -2.19. The van der Waals surface area contributed by atoms with Crippen LogP contribution in [0.5, 0.6) is 0 Å². The van der Waals surface area contributed by atoms with Gasteiger partial charge in [0, 0.05) is 69.5 Å². The summed E-state index contributed by atoms with van der Waals surface area (Å²) >= 11 is 6.36. The molecule has 1 aliphatic heterocycles. The summed E-state index contributed by atoms with van der Waals surface area (Å²) in [6.07, 6.45) is 3.06. The molecule has 3 aromatic rings. The summed E-state index contributed by atoms with van der Waals surface area (Å²) in [6, 6.07) is 11.2. The predicted molar refractivity (Wildman–Crippen MR) is 129 cm³/mol. The third-order valence-electron chi connectivity index (χ3n) is 5.83. The Kier molecular flexibility index (Phi) is 7.34. The van der Waals surface area contributed by atoms with Crippen LogP contribution in [0.1, 0.15) is 15.9 Å².